The number of ether oxygens (including phenoxy) is 1. The molecule has 1 atom stereocenters. The maximum Gasteiger partial charge on any atom is 0.108 e. The normalized spacial score (nSPS) is 23.2. The largest absolute Gasteiger partial charge is 0.372 e. The molecule has 66 valence electrons. The Labute approximate surface area is 80.5 Å². The maximum absolute atomic E-state index is 5.65. The van der Waals surface area contributed by atoms with Crippen LogP contribution in [0.15, 0.2) is 5.38 Å². The molecule has 0 saturated carbocycles. The second kappa shape index (κ2) is 3.73. The minimum Gasteiger partial charge on any atom is -0.372 e. The summed E-state index contributed by atoms with van der Waals surface area (Å²) in [5.74, 6) is 0.511. The Hall–Kier alpha value is -0.120. The van der Waals surface area contributed by atoms with Crippen LogP contribution in [0.4, 0.5) is 0 Å². The van der Waals surface area contributed by atoms with E-state index in [1.807, 2.05) is 5.38 Å². The van der Waals surface area contributed by atoms with Crippen molar-refractivity contribution in [3.63, 3.8) is 0 Å². The highest BCUT2D eigenvalue weighted by atomic mass is 35.5. The van der Waals surface area contributed by atoms with E-state index in [-0.39, 0.29) is 6.10 Å². The van der Waals surface area contributed by atoms with Crippen molar-refractivity contribution in [2.24, 2.45) is 0 Å². The van der Waals surface area contributed by atoms with Gasteiger partial charge >= 0.3 is 0 Å². The topological polar surface area (TPSA) is 22.1 Å². The lowest BCUT2D eigenvalue weighted by molar-refractivity contribution is 0.109. The monoisotopic (exact) mass is 203 g/mol. The van der Waals surface area contributed by atoms with E-state index in [2.05, 4.69) is 4.98 Å². The molecular weight excluding hydrogens is 194 g/mol. The molecule has 1 aromatic heterocycles. The van der Waals surface area contributed by atoms with E-state index >= 15 is 0 Å². The van der Waals surface area contributed by atoms with Crippen molar-refractivity contribution in [1.82, 2.24) is 4.98 Å². The Kier molecular flexibility index (Phi) is 2.63. The van der Waals surface area contributed by atoms with Crippen LogP contribution >= 0.6 is 22.9 Å². The standard InChI is InChI=1S/C8H10ClNOS/c9-4-8-10-6(5-12-8)7-2-1-3-11-7/h5,7H,1-4H2. The van der Waals surface area contributed by atoms with E-state index in [0.29, 0.717) is 5.88 Å². The van der Waals surface area contributed by atoms with Crippen LogP contribution in [0, 0.1) is 0 Å². The molecule has 2 rings (SSSR count). The summed E-state index contributed by atoms with van der Waals surface area (Å²) in [6.07, 6.45) is 2.49. The third-order valence-corrected chi connectivity index (χ3v) is 3.22. The summed E-state index contributed by atoms with van der Waals surface area (Å²) >= 11 is 7.27. The fourth-order valence-electron chi connectivity index (χ4n) is 1.35. The summed E-state index contributed by atoms with van der Waals surface area (Å²) in [7, 11) is 0. The van der Waals surface area contributed by atoms with E-state index in [0.717, 1.165) is 30.2 Å². The number of halogens is 1. The molecule has 2 nitrogen and oxygen atoms in total. The van der Waals surface area contributed by atoms with Gasteiger partial charge < -0.3 is 4.74 Å². The van der Waals surface area contributed by atoms with Gasteiger partial charge in [-0.3, -0.25) is 0 Å². The third-order valence-electron chi connectivity index (χ3n) is 1.94. The highest BCUT2D eigenvalue weighted by Gasteiger charge is 2.19. The number of rotatable bonds is 2. The number of hydrogen-bond donors (Lipinski definition) is 0. The lowest BCUT2D eigenvalue weighted by Gasteiger charge is -2.03. The zero-order chi connectivity index (χ0) is 8.39. The SMILES string of the molecule is ClCc1nc(C2CCCO2)cs1. The predicted molar refractivity (Wildman–Crippen MR) is 49.6 cm³/mol. The molecule has 0 aromatic carbocycles. The molecule has 1 fully saturated rings. The van der Waals surface area contributed by atoms with Crippen LogP contribution in [0.25, 0.3) is 0 Å². The van der Waals surface area contributed by atoms with Gasteiger partial charge in [-0.05, 0) is 12.8 Å². The van der Waals surface area contributed by atoms with Crippen LogP contribution in [0.5, 0.6) is 0 Å². The number of hydrogen-bond acceptors (Lipinski definition) is 3. The summed E-state index contributed by atoms with van der Waals surface area (Å²) in [4.78, 5) is 4.37. The molecule has 1 aliphatic heterocycles. The molecule has 0 aliphatic carbocycles. The fourth-order valence-corrected chi connectivity index (χ4v) is 2.28. The van der Waals surface area contributed by atoms with E-state index in [4.69, 9.17) is 16.3 Å². The van der Waals surface area contributed by atoms with Crippen molar-refractivity contribution in [1.29, 1.82) is 0 Å². The minimum atomic E-state index is 0.234. The van der Waals surface area contributed by atoms with Gasteiger partial charge in [0.2, 0.25) is 0 Å². The average Bonchev–Trinajstić information content (AvgIpc) is 2.75. The van der Waals surface area contributed by atoms with Crippen molar-refractivity contribution in [2.75, 3.05) is 6.61 Å². The van der Waals surface area contributed by atoms with Gasteiger partial charge in [0.1, 0.15) is 11.1 Å². The van der Waals surface area contributed by atoms with Gasteiger partial charge in [-0.1, -0.05) is 0 Å². The molecule has 1 saturated heterocycles. The summed E-state index contributed by atoms with van der Waals surface area (Å²) in [5.41, 5.74) is 1.06. The van der Waals surface area contributed by atoms with Gasteiger partial charge in [0.05, 0.1) is 11.6 Å². The van der Waals surface area contributed by atoms with E-state index in [1.165, 1.54) is 0 Å². The van der Waals surface area contributed by atoms with Crippen LogP contribution in [-0.4, -0.2) is 11.6 Å². The van der Waals surface area contributed by atoms with Gasteiger partial charge in [-0.2, -0.15) is 0 Å². The third kappa shape index (κ3) is 1.63. The predicted octanol–water partition coefficient (Wildman–Crippen LogP) is 2.73. The maximum atomic E-state index is 5.65. The Morgan fingerprint density at radius 3 is 3.25 bits per heavy atom. The first-order chi connectivity index (χ1) is 5.90. The van der Waals surface area contributed by atoms with Crippen LogP contribution in [-0.2, 0) is 10.6 Å². The summed E-state index contributed by atoms with van der Waals surface area (Å²) < 4.78 is 5.50. The summed E-state index contributed by atoms with van der Waals surface area (Å²) in [6.45, 7) is 0.873. The molecule has 0 amide bonds. The second-order valence-electron chi connectivity index (χ2n) is 2.80. The molecule has 1 unspecified atom stereocenters. The second-order valence-corrected chi connectivity index (χ2v) is 4.01. The molecule has 1 aliphatic rings. The number of thiazole rings is 1. The molecule has 0 bridgehead atoms. The van der Waals surface area contributed by atoms with Crippen LogP contribution in [0.1, 0.15) is 29.6 Å². The van der Waals surface area contributed by atoms with E-state index < -0.39 is 0 Å². The average molecular weight is 204 g/mol. The van der Waals surface area contributed by atoms with Crippen molar-refractivity contribution in [3.8, 4) is 0 Å². The van der Waals surface area contributed by atoms with Crippen LogP contribution < -0.4 is 0 Å². The molecule has 1 aromatic rings. The van der Waals surface area contributed by atoms with Crippen molar-refractivity contribution < 1.29 is 4.74 Å². The highest BCUT2D eigenvalue weighted by molar-refractivity contribution is 7.09. The Morgan fingerprint density at radius 2 is 2.67 bits per heavy atom. The van der Waals surface area contributed by atoms with Crippen LogP contribution in [0.3, 0.4) is 0 Å². The van der Waals surface area contributed by atoms with Gasteiger partial charge in [-0.25, -0.2) is 4.98 Å². The van der Waals surface area contributed by atoms with Crippen molar-refractivity contribution in [3.05, 3.63) is 16.1 Å². The van der Waals surface area contributed by atoms with Gasteiger partial charge in [-0.15, -0.1) is 22.9 Å². The minimum absolute atomic E-state index is 0.234. The molecule has 12 heavy (non-hydrogen) atoms. The summed E-state index contributed by atoms with van der Waals surface area (Å²) in [6, 6.07) is 0. The quantitative estimate of drug-likeness (QED) is 0.690. The molecule has 2 heterocycles. The molecular formula is C8H10ClNOS. The van der Waals surface area contributed by atoms with Crippen molar-refractivity contribution >= 4 is 22.9 Å². The molecule has 4 heteroatoms. The van der Waals surface area contributed by atoms with E-state index in [1.54, 1.807) is 11.3 Å². The lowest BCUT2D eigenvalue weighted by atomic mass is 10.2. The molecule has 0 N–H and O–H groups in total. The Balaban J connectivity index is 2.11. The zero-order valence-corrected chi connectivity index (χ0v) is 8.20. The first-order valence-electron chi connectivity index (χ1n) is 4.02. The fraction of sp³-hybridized carbons (Fsp3) is 0.625. The number of nitrogens with zero attached hydrogens (tertiary/aromatic N) is 1. The highest BCUT2D eigenvalue weighted by Crippen LogP contribution is 2.29. The van der Waals surface area contributed by atoms with Crippen molar-refractivity contribution in [2.45, 2.75) is 24.8 Å². The van der Waals surface area contributed by atoms with Gasteiger partial charge in [0.15, 0.2) is 0 Å². The van der Waals surface area contributed by atoms with E-state index in [9.17, 15) is 0 Å². The van der Waals surface area contributed by atoms with Crippen LogP contribution in [0.2, 0.25) is 0 Å². The Bertz CT molecular complexity index is 257. The number of aromatic nitrogens is 1. The Morgan fingerprint density at radius 1 is 1.75 bits per heavy atom. The van der Waals surface area contributed by atoms with Gasteiger partial charge in [0.25, 0.3) is 0 Å². The molecule has 0 radical (unpaired) electrons. The summed E-state index contributed by atoms with van der Waals surface area (Å²) in [5, 5.41) is 3.04. The van der Waals surface area contributed by atoms with Gasteiger partial charge in [0, 0.05) is 12.0 Å². The number of alkyl halides is 1. The molecule has 0 spiro atoms. The lowest BCUT2D eigenvalue weighted by Crippen LogP contribution is -1.95. The zero-order valence-electron chi connectivity index (χ0n) is 6.62. The first-order valence-corrected chi connectivity index (χ1v) is 5.43. The first kappa shape index (κ1) is 8.48. The smallest absolute Gasteiger partial charge is 0.108 e.